The zero-order chi connectivity index (χ0) is 15.5. The van der Waals surface area contributed by atoms with E-state index in [2.05, 4.69) is 31.3 Å². The van der Waals surface area contributed by atoms with Crippen molar-refractivity contribution in [3.63, 3.8) is 0 Å². The third-order valence-electron chi connectivity index (χ3n) is 4.49. The Morgan fingerprint density at radius 1 is 1.19 bits per heavy atom. The quantitative estimate of drug-likeness (QED) is 0.864. The Kier molecular flexibility index (Phi) is 5.15. The molecule has 0 amide bonds. The predicted octanol–water partition coefficient (Wildman–Crippen LogP) is 3.80. The summed E-state index contributed by atoms with van der Waals surface area (Å²) in [7, 11) is 1.71. The lowest BCUT2D eigenvalue weighted by Crippen LogP contribution is -2.46. The fraction of sp³-hybridized carbons (Fsp3) is 0.667. The second kappa shape index (κ2) is 6.69. The van der Waals surface area contributed by atoms with Crippen molar-refractivity contribution in [3.8, 4) is 11.5 Å². The highest BCUT2D eigenvalue weighted by Gasteiger charge is 2.36. The Bertz CT molecular complexity index is 462. The maximum Gasteiger partial charge on any atom is 0.161 e. The van der Waals surface area contributed by atoms with Gasteiger partial charge in [0.25, 0.3) is 0 Å². The van der Waals surface area contributed by atoms with Crippen molar-refractivity contribution in [1.29, 1.82) is 0 Å². The Hall–Kier alpha value is -1.22. The van der Waals surface area contributed by atoms with E-state index in [1.807, 2.05) is 19.9 Å². The van der Waals surface area contributed by atoms with Gasteiger partial charge in [0.05, 0.1) is 13.2 Å². The van der Waals surface area contributed by atoms with Gasteiger partial charge in [0, 0.05) is 5.54 Å². The molecule has 1 unspecified atom stereocenters. The van der Waals surface area contributed by atoms with Gasteiger partial charge in [-0.25, -0.2) is 0 Å². The zero-order valence-electron chi connectivity index (χ0n) is 14.0. The van der Waals surface area contributed by atoms with E-state index in [1.54, 1.807) is 7.11 Å². The fourth-order valence-corrected chi connectivity index (χ4v) is 3.21. The lowest BCUT2D eigenvalue weighted by molar-refractivity contribution is 0.229. The first-order chi connectivity index (χ1) is 9.97. The lowest BCUT2D eigenvalue weighted by atomic mass is 9.80. The first-order valence-corrected chi connectivity index (χ1v) is 8.05. The molecule has 0 aromatic heterocycles. The van der Waals surface area contributed by atoms with Gasteiger partial charge in [0.1, 0.15) is 0 Å². The van der Waals surface area contributed by atoms with Crippen LogP contribution in [0.4, 0.5) is 0 Å². The minimum atomic E-state index is 0.156. The molecule has 1 fully saturated rings. The van der Waals surface area contributed by atoms with Crippen LogP contribution < -0.4 is 14.8 Å². The van der Waals surface area contributed by atoms with Gasteiger partial charge in [-0.05, 0) is 63.3 Å². The molecule has 3 heteroatoms. The molecule has 118 valence electrons. The van der Waals surface area contributed by atoms with E-state index < -0.39 is 0 Å². The van der Waals surface area contributed by atoms with Gasteiger partial charge >= 0.3 is 0 Å². The molecular formula is C18H29NO2. The van der Waals surface area contributed by atoms with Gasteiger partial charge in [-0.1, -0.05) is 19.9 Å². The Labute approximate surface area is 129 Å². The molecule has 3 nitrogen and oxygen atoms in total. The van der Waals surface area contributed by atoms with Gasteiger partial charge in [0.2, 0.25) is 0 Å². The van der Waals surface area contributed by atoms with E-state index in [1.165, 1.54) is 18.4 Å². The molecule has 0 saturated carbocycles. The fourth-order valence-electron chi connectivity index (χ4n) is 3.21. The molecule has 0 spiro atoms. The number of methoxy groups -OCH3 is 1. The average Bonchev–Trinajstić information content (AvgIpc) is 2.90. The smallest absolute Gasteiger partial charge is 0.161 e. The lowest BCUT2D eigenvalue weighted by Gasteiger charge is -2.34. The average molecular weight is 291 g/mol. The molecule has 1 aromatic carbocycles. The van der Waals surface area contributed by atoms with Crippen LogP contribution in [0.3, 0.4) is 0 Å². The number of nitrogens with one attached hydrogen (secondary N) is 1. The topological polar surface area (TPSA) is 30.5 Å². The van der Waals surface area contributed by atoms with Crippen molar-refractivity contribution in [3.05, 3.63) is 23.8 Å². The minimum Gasteiger partial charge on any atom is -0.493 e. The second-order valence-electron chi connectivity index (χ2n) is 6.67. The molecule has 21 heavy (non-hydrogen) atoms. The van der Waals surface area contributed by atoms with E-state index >= 15 is 0 Å². The maximum atomic E-state index is 5.79. The standard InChI is InChI=1S/C18H29NO2/c1-13(2)18(9-6-10-19-18)12-15-7-8-16(21-14(3)4)17(11-15)20-5/h7-8,11,13-14,19H,6,9-10,12H2,1-5H3. The molecule has 0 bridgehead atoms. The summed E-state index contributed by atoms with van der Waals surface area (Å²) in [5.74, 6) is 2.28. The van der Waals surface area contributed by atoms with E-state index in [0.29, 0.717) is 5.92 Å². The molecule has 0 radical (unpaired) electrons. The molecule has 1 aliphatic rings. The molecule has 1 heterocycles. The summed E-state index contributed by atoms with van der Waals surface area (Å²) in [4.78, 5) is 0. The van der Waals surface area contributed by atoms with Crippen LogP contribution in [0.15, 0.2) is 18.2 Å². The van der Waals surface area contributed by atoms with Crippen LogP contribution in [0, 0.1) is 5.92 Å². The summed E-state index contributed by atoms with van der Waals surface area (Å²) in [6.07, 6.45) is 3.72. The van der Waals surface area contributed by atoms with Crippen molar-refractivity contribution in [2.45, 2.75) is 58.6 Å². The Balaban J connectivity index is 2.20. The number of ether oxygens (including phenoxy) is 2. The molecule has 0 aliphatic carbocycles. The molecule has 1 saturated heterocycles. The largest absolute Gasteiger partial charge is 0.493 e. The van der Waals surface area contributed by atoms with E-state index in [-0.39, 0.29) is 11.6 Å². The van der Waals surface area contributed by atoms with Gasteiger partial charge in [0.15, 0.2) is 11.5 Å². The van der Waals surface area contributed by atoms with Crippen LogP contribution in [-0.4, -0.2) is 25.3 Å². The normalized spacial score (nSPS) is 22.0. The summed E-state index contributed by atoms with van der Waals surface area (Å²) in [5, 5.41) is 3.73. The monoisotopic (exact) mass is 291 g/mol. The van der Waals surface area contributed by atoms with Crippen LogP contribution in [0.5, 0.6) is 11.5 Å². The summed E-state index contributed by atoms with van der Waals surface area (Å²) >= 11 is 0. The highest BCUT2D eigenvalue weighted by Crippen LogP contribution is 2.35. The molecule has 1 aromatic rings. The third-order valence-corrected chi connectivity index (χ3v) is 4.49. The van der Waals surface area contributed by atoms with Crippen molar-refractivity contribution < 1.29 is 9.47 Å². The van der Waals surface area contributed by atoms with E-state index in [0.717, 1.165) is 24.5 Å². The molecule has 1 atom stereocenters. The highest BCUT2D eigenvalue weighted by atomic mass is 16.5. The number of hydrogen-bond donors (Lipinski definition) is 1. The van der Waals surface area contributed by atoms with Gasteiger partial charge in [-0.15, -0.1) is 0 Å². The molecular weight excluding hydrogens is 262 g/mol. The maximum absolute atomic E-state index is 5.79. The van der Waals surface area contributed by atoms with Crippen LogP contribution >= 0.6 is 0 Å². The third kappa shape index (κ3) is 3.70. The zero-order valence-corrected chi connectivity index (χ0v) is 14.0. The summed E-state index contributed by atoms with van der Waals surface area (Å²) in [6, 6.07) is 6.34. The van der Waals surface area contributed by atoms with Gasteiger partial charge < -0.3 is 14.8 Å². The van der Waals surface area contributed by atoms with E-state index in [4.69, 9.17) is 9.47 Å². The van der Waals surface area contributed by atoms with Gasteiger partial charge in [-0.2, -0.15) is 0 Å². The van der Waals surface area contributed by atoms with Crippen molar-refractivity contribution in [2.75, 3.05) is 13.7 Å². The summed E-state index contributed by atoms with van der Waals surface area (Å²) in [5.41, 5.74) is 1.54. The molecule has 1 aliphatic heterocycles. The van der Waals surface area contributed by atoms with Crippen LogP contribution in [0.1, 0.15) is 46.1 Å². The number of benzene rings is 1. The predicted molar refractivity (Wildman–Crippen MR) is 87.3 cm³/mol. The highest BCUT2D eigenvalue weighted by molar-refractivity contribution is 5.43. The Morgan fingerprint density at radius 2 is 1.95 bits per heavy atom. The SMILES string of the molecule is COc1cc(CC2(C(C)C)CCCN2)ccc1OC(C)C. The van der Waals surface area contributed by atoms with E-state index in [9.17, 15) is 0 Å². The number of hydrogen-bond acceptors (Lipinski definition) is 3. The molecule has 1 N–H and O–H groups in total. The van der Waals surface area contributed by atoms with Crippen molar-refractivity contribution >= 4 is 0 Å². The van der Waals surface area contributed by atoms with Crippen LogP contribution in [0.25, 0.3) is 0 Å². The van der Waals surface area contributed by atoms with Gasteiger partial charge in [-0.3, -0.25) is 0 Å². The summed E-state index contributed by atoms with van der Waals surface area (Å²) < 4.78 is 11.3. The van der Waals surface area contributed by atoms with Crippen LogP contribution in [0.2, 0.25) is 0 Å². The molecule has 2 rings (SSSR count). The van der Waals surface area contributed by atoms with Crippen molar-refractivity contribution in [2.24, 2.45) is 5.92 Å². The number of rotatable bonds is 6. The minimum absolute atomic E-state index is 0.156. The first kappa shape index (κ1) is 16.2. The summed E-state index contributed by atoms with van der Waals surface area (Å²) in [6.45, 7) is 9.81. The second-order valence-corrected chi connectivity index (χ2v) is 6.67. The first-order valence-electron chi connectivity index (χ1n) is 8.05. The Morgan fingerprint density at radius 3 is 2.48 bits per heavy atom. The van der Waals surface area contributed by atoms with Crippen molar-refractivity contribution in [1.82, 2.24) is 5.32 Å². The van der Waals surface area contributed by atoms with Crippen LogP contribution in [-0.2, 0) is 6.42 Å².